The van der Waals surface area contributed by atoms with Crippen LogP contribution in [0.5, 0.6) is 0 Å². The highest BCUT2D eigenvalue weighted by Crippen LogP contribution is 2.35. The number of ketones is 2. The molecule has 0 aliphatic heterocycles. The van der Waals surface area contributed by atoms with E-state index in [1.54, 1.807) is 27.7 Å². The van der Waals surface area contributed by atoms with Gasteiger partial charge in [-0.15, -0.1) is 0 Å². The summed E-state index contributed by atoms with van der Waals surface area (Å²) in [5, 5.41) is 0. The molecule has 0 aromatic heterocycles. The minimum absolute atomic E-state index is 0.0288. The lowest BCUT2D eigenvalue weighted by Gasteiger charge is -2.31. The normalized spacial score (nSPS) is 12.4. The van der Waals surface area contributed by atoms with Gasteiger partial charge in [0.2, 0.25) is 0 Å². The van der Waals surface area contributed by atoms with Crippen LogP contribution >= 0.6 is 0 Å². The van der Waals surface area contributed by atoms with Crippen LogP contribution in [0.2, 0.25) is 0 Å². The number of carbonyl (C=O) groups is 4. The van der Waals surface area contributed by atoms with Gasteiger partial charge in [-0.25, -0.2) is 0 Å². The molecule has 0 aromatic carbocycles. The molecular weight excluding hydrogens is 376 g/mol. The van der Waals surface area contributed by atoms with Crippen molar-refractivity contribution in [1.29, 1.82) is 0 Å². The molecule has 0 unspecified atom stereocenters. The highest BCUT2D eigenvalue weighted by Gasteiger charge is 2.38. The first-order chi connectivity index (χ1) is 13.1. The maximum Gasteiger partial charge on any atom is 0.311 e. The van der Waals surface area contributed by atoms with Gasteiger partial charge in [-0.2, -0.15) is 0 Å². The Morgan fingerprint density at radius 2 is 1.14 bits per heavy atom. The number of ether oxygens (including phenoxy) is 3. The topological polar surface area (TPSA) is 96.0 Å². The van der Waals surface area contributed by atoms with E-state index in [4.69, 9.17) is 14.2 Å². The molecule has 168 valence electrons. The Morgan fingerprint density at radius 1 is 0.655 bits per heavy atom. The summed E-state index contributed by atoms with van der Waals surface area (Å²) in [7, 11) is 0. The highest BCUT2D eigenvalue weighted by atomic mass is 16.6. The smallest absolute Gasteiger partial charge is 0.311 e. The lowest BCUT2D eigenvalue weighted by atomic mass is 9.73. The molecule has 0 heterocycles. The fourth-order valence-electron chi connectivity index (χ4n) is 2.67. The van der Waals surface area contributed by atoms with Crippen LogP contribution in [0.4, 0.5) is 0 Å². The molecule has 0 atom stereocenters. The minimum atomic E-state index is -0.779. The van der Waals surface area contributed by atoms with Crippen molar-refractivity contribution in [3.05, 3.63) is 0 Å². The second-order valence-electron chi connectivity index (χ2n) is 9.41. The first-order valence-corrected chi connectivity index (χ1v) is 10.0. The zero-order valence-electron chi connectivity index (χ0n) is 19.3. The summed E-state index contributed by atoms with van der Waals surface area (Å²) in [4.78, 5) is 47.0. The molecule has 0 aliphatic carbocycles. The Labute approximate surface area is 174 Å². The number of esters is 2. The largest absolute Gasteiger partial charge is 0.463 e. The molecule has 0 N–H and O–H groups in total. The summed E-state index contributed by atoms with van der Waals surface area (Å²) < 4.78 is 15.6. The van der Waals surface area contributed by atoms with E-state index in [0.29, 0.717) is 12.8 Å². The van der Waals surface area contributed by atoms with E-state index >= 15 is 0 Å². The monoisotopic (exact) mass is 414 g/mol. The third-order valence-electron chi connectivity index (χ3n) is 5.25. The standard InChI is InChI=1S/C22H38O7/c1-16(23)20(3,4)10-9-18(25)28-13-11-27-12-14-29-19(26)22(7,8)15-21(5,6)17(2)24/h9-15H2,1-8H3. The molecule has 0 aromatic rings. The number of hydrogen-bond acceptors (Lipinski definition) is 7. The number of Topliss-reactive ketones (excluding diaryl/α,β-unsaturated/α-hetero) is 2. The Hall–Kier alpha value is -1.76. The highest BCUT2D eigenvalue weighted by molar-refractivity contribution is 5.83. The van der Waals surface area contributed by atoms with Crippen LogP contribution in [-0.2, 0) is 33.4 Å². The average molecular weight is 415 g/mol. The second kappa shape index (κ2) is 11.4. The molecule has 0 fully saturated rings. The van der Waals surface area contributed by atoms with E-state index in [1.807, 2.05) is 13.8 Å². The van der Waals surface area contributed by atoms with E-state index in [1.165, 1.54) is 13.8 Å². The van der Waals surface area contributed by atoms with E-state index in [0.717, 1.165) is 0 Å². The zero-order valence-corrected chi connectivity index (χ0v) is 19.3. The van der Waals surface area contributed by atoms with Crippen molar-refractivity contribution in [2.45, 2.75) is 74.7 Å². The van der Waals surface area contributed by atoms with Crippen molar-refractivity contribution < 1.29 is 33.4 Å². The fraction of sp³-hybridized carbons (Fsp3) is 0.818. The molecule has 0 aliphatic rings. The SMILES string of the molecule is CC(=O)C(C)(C)CCC(=O)OCCOCCOC(=O)C(C)(C)CC(C)(C)C(C)=O. The van der Waals surface area contributed by atoms with Gasteiger partial charge in [0.1, 0.15) is 24.8 Å². The predicted molar refractivity (Wildman–Crippen MR) is 109 cm³/mol. The van der Waals surface area contributed by atoms with Gasteiger partial charge in [0.25, 0.3) is 0 Å². The van der Waals surface area contributed by atoms with Crippen LogP contribution in [0.3, 0.4) is 0 Å². The van der Waals surface area contributed by atoms with Gasteiger partial charge in [0, 0.05) is 17.3 Å². The van der Waals surface area contributed by atoms with Crippen molar-refractivity contribution >= 4 is 23.5 Å². The van der Waals surface area contributed by atoms with Gasteiger partial charge >= 0.3 is 11.9 Å². The van der Waals surface area contributed by atoms with E-state index < -0.39 is 16.2 Å². The Morgan fingerprint density at radius 3 is 1.62 bits per heavy atom. The van der Waals surface area contributed by atoms with Gasteiger partial charge in [0.05, 0.1) is 18.6 Å². The van der Waals surface area contributed by atoms with Crippen molar-refractivity contribution in [2.24, 2.45) is 16.2 Å². The maximum absolute atomic E-state index is 12.3. The molecule has 0 bridgehead atoms. The van der Waals surface area contributed by atoms with Crippen molar-refractivity contribution in [1.82, 2.24) is 0 Å². The van der Waals surface area contributed by atoms with Gasteiger partial charge < -0.3 is 14.2 Å². The Balaban J connectivity index is 4.00. The number of hydrogen-bond donors (Lipinski definition) is 0. The third kappa shape index (κ3) is 10.5. The van der Waals surface area contributed by atoms with Crippen LogP contribution in [0.15, 0.2) is 0 Å². The number of carbonyl (C=O) groups excluding carboxylic acids is 4. The lowest BCUT2D eigenvalue weighted by molar-refractivity contribution is -0.158. The number of rotatable bonds is 14. The summed E-state index contributed by atoms with van der Waals surface area (Å²) in [5.41, 5.74) is -1.91. The summed E-state index contributed by atoms with van der Waals surface area (Å²) >= 11 is 0. The quantitative estimate of drug-likeness (QED) is 0.317. The minimum Gasteiger partial charge on any atom is -0.463 e. The van der Waals surface area contributed by atoms with Crippen LogP contribution in [0, 0.1) is 16.2 Å². The lowest BCUT2D eigenvalue weighted by Crippen LogP contribution is -2.35. The molecule has 7 heteroatoms. The summed E-state index contributed by atoms with van der Waals surface area (Å²) in [5.74, 6) is -0.684. The summed E-state index contributed by atoms with van der Waals surface area (Å²) in [6, 6.07) is 0. The van der Waals surface area contributed by atoms with Crippen molar-refractivity contribution in [3.63, 3.8) is 0 Å². The van der Waals surface area contributed by atoms with Gasteiger partial charge in [-0.05, 0) is 40.5 Å². The molecule has 0 saturated heterocycles. The van der Waals surface area contributed by atoms with Crippen LogP contribution < -0.4 is 0 Å². The first kappa shape index (κ1) is 27.2. The average Bonchev–Trinajstić information content (AvgIpc) is 2.57. The van der Waals surface area contributed by atoms with E-state index in [-0.39, 0.29) is 56.4 Å². The fourth-order valence-corrected chi connectivity index (χ4v) is 2.67. The first-order valence-electron chi connectivity index (χ1n) is 10.0. The maximum atomic E-state index is 12.3. The Kier molecular flexibility index (Phi) is 10.7. The van der Waals surface area contributed by atoms with Crippen LogP contribution in [0.1, 0.15) is 74.7 Å². The van der Waals surface area contributed by atoms with Crippen LogP contribution in [-0.4, -0.2) is 49.9 Å². The van der Waals surface area contributed by atoms with Gasteiger partial charge in [0.15, 0.2) is 0 Å². The molecule has 0 amide bonds. The van der Waals surface area contributed by atoms with E-state index in [2.05, 4.69) is 0 Å². The van der Waals surface area contributed by atoms with Crippen molar-refractivity contribution in [2.75, 3.05) is 26.4 Å². The summed E-state index contributed by atoms with van der Waals surface area (Å²) in [6.45, 7) is 14.4. The molecule has 0 spiro atoms. The molecule has 0 radical (unpaired) electrons. The zero-order chi connectivity index (χ0) is 22.9. The predicted octanol–water partition coefficient (Wildman–Crippen LogP) is 3.52. The van der Waals surface area contributed by atoms with Gasteiger partial charge in [-0.3, -0.25) is 19.2 Å². The summed E-state index contributed by atoms with van der Waals surface area (Å²) in [6.07, 6.45) is 1.01. The van der Waals surface area contributed by atoms with Crippen molar-refractivity contribution in [3.8, 4) is 0 Å². The van der Waals surface area contributed by atoms with E-state index in [9.17, 15) is 19.2 Å². The molecule has 7 nitrogen and oxygen atoms in total. The Bertz CT molecular complexity index is 588. The molecular formula is C22H38O7. The third-order valence-corrected chi connectivity index (χ3v) is 5.25. The second-order valence-corrected chi connectivity index (χ2v) is 9.41. The van der Waals surface area contributed by atoms with Gasteiger partial charge in [-0.1, -0.05) is 27.7 Å². The molecule has 29 heavy (non-hydrogen) atoms. The molecule has 0 saturated carbocycles. The van der Waals surface area contributed by atoms with Crippen LogP contribution in [0.25, 0.3) is 0 Å². The molecule has 0 rings (SSSR count).